The Bertz CT molecular complexity index is 139. The quantitative estimate of drug-likeness (QED) is 0.655. The maximum Gasteiger partial charge on any atom is 0.0636 e. The zero-order valence-electron chi connectivity index (χ0n) is 8.43. The van der Waals surface area contributed by atoms with Gasteiger partial charge < -0.3 is 10.4 Å². The monoisotopic (exact) mass is 171 g/mol. The number of hydrogen-bond acceptors (Lipinski definition) is 2. The molecule has 0 heterocycles. The molecule has 1 aliphatic rings. The van der Waals surface area contributed by atoms with E-state index in [1.807, 2.05) is 6.92 Å². The third-order valence-electron chi connectivity index (χ3n) is 3.03. The summed E-state index contributed by atoms with van der Waals surface area (Å²) in [6.45, 7) is 8.21. The molecule has 0 aromatic rings. The average Bonchev–Trinajstić information content (AvgIpc) is 2.68. The van der Waals surface area contributed by atoms with Crippen LogP contribution in [0.15, 0.2) is 0 Å². The van der Waals surface area contributed by atoms with Gasteiger partial charge in [0.1, 0.15) is 0 Å². The second-order valence-electron chi connectivity index (χ2n) is 4.50. The Balaban J connectivity index is 2.14. The van der Waals surface area contributed by atoms with Crippen LogP contribution in [0.3, 0.4) is 0 Å². The Morgan fingerprint density at radius 3 is 2.25 bits per heavy atom. The van der Waals surface area contributed by atoms with Crippen LogP contribution in [-0.4, -0.2) is 24.3 Å². The van der Waals surface area contributed by atoms with E-state index in [4.69, 9.17) is 5.11 Å². The van der Waals surface area contributed by atoms with Gasteiger partial charge in [0, 0.05) is 13.1 Å². The third kappa shape index (κ3) is 2.46. The van der Waals surface area contributed by atoms with Crippen molar-refractivity contribution in [2.24, 2.45) is 11.3 Å². The first kappa shape index (κ1) is 10.0. The highest BCUT2D eigenvalue weighted by atomic mass is 16.3. The maximum absolute atomic E-state index is 9.05. The standard InChI is InChI=1S/C10H21NO/c1-8(2)10(4-5-10)7-11-6-9(3)12/h8-9,11-12H,4-7H2,1-3H3. The molecule has 0 radical (unpaired) electrons. The molecule has 1 aliphatic carbocycles. The first-order valence-corrected chi connectivity index (χ1v) is 4.95. The minimum atomic E-state index is -0.215. The van der Waals surface area contributed by atoms with E-state index in [-0.39, 0.29) is 6.10 Å². The van der Waals surface area contributed by atoms with Gasteiger partial charge in [-0.2, -0.15) is 0 Å². The number of aliphatic hydroxyl groups excluding tert-OH is 1. The van der Waals surface area contributed by atoms with Crippen LogP contribution in [0, 0.1) is 11.3 Å². The van der Waals surface area contributed by atoms with E-state index < -0.39 is 0 Å². The Hall–Kier alpha value is -0.0800. The molecule has 0 aliphatic heterocycles. The van der Waals surface area contributed by atoms with Crippen LogP contribution in [-0.2, 0) is 0 Å². The molecule has 0 aromatic heterocycles. The summed E-state index contributed by atoms with van der Waals surface area (Å²) in [4.78, 5) is 0. The highest BCUT2D eigenvalue weighted by Crippen LogP contribution is 2.51. The van der Waals surface area contributed by atoms with Crippen LogP contribution < -0.4 is 5.32 Å². The molecule has 0 bridgehead atoms. The number of nitrogens with one attached hydrogen (secondary N) is 1. The molecule has 0 spiro atoms. The lowest BCUT2D eigenvalue weighted by Crippen LogP contribution is -2.32. The number of rotatable bonds is 5. The zero-order valence-corrected chi connectivity index (χ0v) is 8.43. The van der Waals surface area contributed by atoms with Crippen LogP contribution >= 0.6 is 0 Å². The second kappa shape index (κ2) is 3.75. The molecule has 1 saturated carbocycles. The predicted octanol–water partition coefficient (Wildman–Crippen LogP) is 1.39. The predicted molar refractivity (Wildman–Crippen MR) is 51.1 cm³/mol. The van der Waals surface area contributed by atoms with Crippen molar-refractivity contribution in [1.82, 2.24) is 5.32 Å². The largest absolute Gasteiger partial charge is 0.392 e. The Morgan fingerprint density at radius 2 is 1.92 bits per heavy atom. The second-order valence-corrected chi connectivity index (χ2v) is 4.50. The first-order chi connectivity index (χ1) is 5.57. The summed E-state index contributed by atoms with van der Waals surface area (Å²) in [6, 6.07) is 0. The Kier molecular flexibility index (Phi) is 3.13. The van der Waals surface area contributed by atoms with Gasteiger partial charge in [-0.1, -0.05) is 13.8 Å². The van der Waals surface area contributed by atoms with Gasteiger partial charge in [0.25, 0.3) is 0 Å². The summed E-state index contributed by atoms with van der Waals surface area (Å²) in [5.41, 5.74) is 0.564. The van der Waals surface area contributed by atoms with Gasteiger partial charge >= 0.3 is 0 Å². The van der Waals surface area contributed by atoms with Gasteiger partial charge in [-0.25, -0.2) is 0 Å². The fraction of sp³-hybridized carbons (Fsp3) is 1.00. The topological polar surface area (TPSA) is 32.3 Å². The van der Waals surface area contributed by atoms with Crippen LogP contribution in [0.5, 0.6) is 0 Å². The molecule has 2 N–H and O–H groups in total. The summed E-state index contributed by atoms with van der Waals surface area (Å²) in [6.07, 6.45) is 2.50. The van der Waals surface area contributed by atoms with Crippen molar-refractivity contribution in [3.8, 4) is 0 Å². The van der Waals surface area contributed by atoms with Gasteiger partial charge in [-0.05, 0) is 31.1 Å². The van der Waals surface area contributed by atoms with Crippen molar-refractivity contribution in [2.75, 3.05) is 13.1 Å². The smallest absolute Gasteiger partial charge is 0.0636 e. The van der Waals surface area contributed by atoms with Crippen LogP contribution in [0.2, 0.25) is 0 Å². The van der Waals surface area contributed by atoms with Gasteiger partial charge in [0.05, 0.1) is 6.10 Å². The highest BCUT2D eigenvalue weighted by molar-refractivity contribution is 4.97. The molecular formula is C10H21NO. The van der Waals surface area contributed by atoms with E-state index in [9.17, 15) is 0 Å². The molecule has 1 unspecified atom stereocenters. The third-order valence-corrected chi connectivity index (χ3v) is 3.03. The molecule has 0 saturated heterocycles. The lowest BCUT2D eigenvalue weighted by atomic mass is 9.92. The highest BCUT2D eigenvalue weighted by Gasteiger charge is 2.44. The van der Waals surface area contributed by atoms with Crippen LogP contribution in [0.25, 0.3) is 0 Å². The average molecular weight is 171 g/mol. The van der Waals surface area contributed by atoms with Crippen molar-refractivity contribution >= 4 is 0 Å². The van der Waals surface area contributed by atoms with Gasteiger partial charge in [0.2, 0.25) is 0 Å². The van der Waals surface area contributed by atoms with Crippen molar-refractivity contribution in [1.29, 1.82) is 0 Å². The van der Waals surface area contributed by atoms with Crippen LogP contribution in [0.1, 0.15) is 33.6 Å². The van der Waals surface area contributed by atoms with E-state index >= 15 is 0 Å². The van der Waals surface area contributed by atoms with E-state index in [0.29, 0.717) is 5.41 Å². The lowest BCUT2D eigenvalue weighted by molar-refractivity contribution is 0.185. The van der Waals surface area contributed by atoms with Gasteiger partial charge in [-0.15, -0.1) is 0 Å². The number of aliphatic hydroxyl groups is 1. The Morgan fingerprint density at radius 1 is 1.33 bits per heavy atom. The maximum atomic E-state index is 9.05. The summed E-state index contributed by atoms with van der Waals surface area (Å²) < 4.78 is 0. The number of hydrogen-bond donors (Lipinski definition) is 2. The molecule has 2 nitrogen and oxygen atoms in total. The summed E-state index contributed by atoms with van der Waals surface area (Å²) in [7, 11) is 0. The molecule has 0 amide bonds. The summed E-state index contributed by atoms with van der Waals surface area (Å²) >= 11 is 0. The van der Waals surface area contributed by atoms with E-state index in [2.05, 4.69) is 19.2 Å². The van der Waals surface area contributed by atoms with Crippen molar-refractivity contribution in [3.05, 3.63) is 0 Å². The molecule has 72 valence electrons. The van der Waals surface area contributed by atoms with Crippen molar-refractivity contribution in [3.63, 3.8) is 0 Å². The molecule has 12 heavy (non-hydrogen) atoms. The SMILES string of the molecule is CC(O)CNCC1(C(C)C)CC1. The van der Waals surface area contributed by atoms with E-state index in [1.54, 1.807) is 0 Å². The zero-order chi connectivity index (χ0) is 9.19. The summed E-state index contributed by atoms with van der Waals surface area (Å²) in [5.74, 6) is 0.777. The lowest BCUT2D eigenvalue weighted by Gasteiger charge is -2.20. The fourth-order valence-corrected chi connectivity index (χ4v) is 1.65. The Labute approximate surface area is 75.4 Å². The molecule has 0 aromatic carbocycles. The molecule has 1 atom stereocenters. The molecule has 1 rings (SSSR count). The molecule has 1 fully saturated rings. The van der Waals surface area contributed by atoms with E-state index in [0.717, 1.165) is 19.0 Å². The fourth-order valence-electron chi connectivity index (χ4n) is 1.65. The first-order valence-electron chi connectivity index (χ1n) is 4.95. The van der Waals surface area contributed by atoms with E-state index in [1.165, 1.54) is 12.8 Å². The van der Waals surface area contributed by atoms with Crippen molar-refractivity contribution < 1.29 is 5.11 Å². The minimum absolute atomic E-state index is 0.215. The minimum Gasteiger partial charge on any atom is -0.392 e. The summed E-state index contributed by atoms with van der Waals surface area (Å²) in [5, 5.41) is 12.4. The normalized spacial score (nSPS) is 22.8. The van der Waals surface area contributed by atoms with Gasteiger partial charge in [-0.3, -0.25) is 0 Å². The van der Waals surface area contributed by atoms with Gasteiger partial charge in [0.15, 0.2) is 0 Å². The van der Waals surface area contributed by atoms with Crippen molar-refractivity contribution in [2.45, 2.75) is 39.7 Å². The molecule has 2 heteroatoms. The van der Waals surface area contributed by atoms with Crippen LogP contribution in [0.4, 0.5) is 0 Å². The molecular weight excluding hydrogens is 150 g/mol.